The van der Waals surface area contributed by atoms with Gasteiger partial charge in [0.25, 0.3) is 0 Å². The molecule has 0 spiro atoms. The Morgan fingerprint density at radius 3 is 2.25 bits per heavy atom. The standard InChI is InChI=1S/C10H9ClF3N.ClH/c11-8-2-1-6(10(12,13)14)5-7(8)9(15)3-4-9;/h1-2,5H,3-4,15H2;1H. The molecule has 2 N–H and O–H groups in total. The fourth-order valence-electron chi connectivity index (χ4n) is 1.49. The number of hydrogen-bond acceptors (Lipinski definition) is 1. The van der Waals surface area contributed by atoms with Gasteiger partial charge in [0.1, 0.15) is 0 Å². The van der Waals surface area contributed by atoms with Crippen LogP contribution in [0.2, 0.25) is 5.02 Å². The van der Waals surface area contributed by atoms with Crippen molar-refractivity contribution in [1.29, 1.82) is 0 Å². The van der Waals surface area contributed by atoms with Crippen molar-refractivity contribution in [2.24, 2.45) is 5.73 Å². The Hall–Kier alpha value is -0.450. The molecule has 90 valence electrons. The largest absolute Gasteiger partial charge is 0.416 e. The van der Waals surface area contributed by atoms with Crippen LogP contribution in [0.5, 0.6) is 0 Å². The molecule has 1 fully saturated rings. The Balaban J connectivity index is 0.00000128. The number of benzene rings is 1. The lowest BCUT2D eigenvalue weighted by Gasteiger charge is -2.14. The quantitative estimate of drug-likeness (QED) is 0.828. The highest BCUT2D eigenvalue weighted by Gasteiger charge is 2.43. The number of nitrogens with two attached hydrogens (primary N) is 1. The predicted molar refractivity (Wildman–Crippen MR) is 58.8 cm³/mol. The number of rotatable bonds is 1. The molecular formula is C10H10Cl2F3N. The number of hydrogen-bond donors (Lipinski definition) is 1. The van der Waals surface area contributed by atoms with Gasteiger partial charge >= 0.3 is 6.18 Å². The summed E-state index contributed by atoms with van der Waals surface area (Å²) in [7, 11) is 0. The zero-order valence-corrected chi connectivity index (χ0v) is 9.72. The molecule has 1 nitrogen and oxygen atoms in total. The molecule has 0 atom stereocenters. The molecule has 1 aromatic rings. The van der Waals surface area contributed by atoms with Crippen molar-refractivity contribution in [1.82, 2.24) is 0 Å². The monoisotopic (exact) mass is 271 g/mol. The highest BCUT2D eigenvalue weighted by atomic mass is 35.5. The fourth-order valence-corrected chi connectivity index (χ4v) is 1.79. The van der Waals surface area contributed by atoms with Crippen LogP contribution in [-0.2, 0) is 11.7 Å². The molecule has 1 aliphatic carbocycles. The van der Waals surface area contributed by atoms with Crippen molar-refractivity contribution in [3.05, 3.63) is 34.3 Å². The van der Waals surface area contributed by atoms with Crippen LogP contribution in [0.25, 0.3) is 0 Å². The van der Waals surface area contributed by atoms with Gasteiger partial charge in [0.2, 0.25) is 0 Å². The molecule has 0 heterocycles. The molecule has 0 aromatic heterocycles. The van der Waals surface area contributed by atoms with Crippen molar-refractivity contribution in [3.8, 4) is 0 Å². The van der Waals surface area contributed by atoms with Crippen molar-refractivity contribution in [2.75, 3.05) is 0 Å². The minimum atomic E-state index is -4.34. The molecule has 6 heteroatoms. The molecule has 1 aliphatic rings. The summed E-state index contributed by atoms with van der Waals surface area (Å²) in [6, 6.07) is 3.28. The normalized spacial score (nSPS) is 17.8. The van der Waals surface area contributed by atoms with E-state index in [1.54, 1.807) is 0 Å². The minimum Gasteiger partial charge on any atom is -0.321 e. The summed E-state index contributed by atoms with van der Waals surface area (Å²) in [6.45, 7) is 0. The molecule has 0 aliphatic heterocycles. The third-order valence-corrected chi connectivity index (χ3v) is 2.95. The van der Waals surface area contributed by atoms with Gasteiger partial charge in [0.05, 0.1) is 5.56 Å². The van der Waals surface area contributed by atoms with Crippen LogP contribution < -0.4 is 5.73 Å². The smallest absolute Gasteiger partial charge is 0.321 e. The Morgan fingerprint density at radius 1 is 1.25 bits per heavy atom. The SMILES string of the molecule is Cl.NC1(c2cc(C(F)(F)F)ccc2Cl)CC1. The zero-order chi connectivity index (χ0) is 11.3. The van der Waals surface area contributed by atoms with Gasteiger partial charge < -0.3 is 5.73 Å². The molecular weight excluding hydrogens is 262 g/mol. The average Bonchev–Trinajstić information content (AvgIpc) is 2.83. The van der Waals surface area contributed by atoms with E-state index in [2.05, 4.69) is 0 Å². The average molecular weight is 272 g/mol. The summed E-state index contributed by atoms with van der Waals surface area (Å²) < 4.78 is 37.3. The lowest BCUT2D eigenvalue weighted by atomic mass is 10.0. The molecule has 1 saturated carbocycles. The molecule has 1 aromatic carbocycles. The summed E-state index contributed by atoms with van der Waals surface area (Å²) in [6.07, 6.45) is -2.97. The van der Waals surface area contributed by atoms with E-state index in [1.165, 1.54) is 6.07 Å². The van der Waals surface area contributed by atoms with E-state index in [0.717, 1.165) is 12.1 Å². The van der Waals surface area contributed by atoms with Crippen LogP contribution in [0.4, 0.5) is 13.2 Å². The molecule has 0 amide bonds. The molecule has 0 bridgehead atoms. The second-order valence-electron chi connectivity index (χ2n) is 3.85. The first-order valence-corrected chi connectivity index (χ1v) is 4.87. The molecule has 0 unspecified atom stereocenters. The van der Waals surface area contributed by atoms with Crippen LogP contribution in [0.15, 0.2) is 18.2 Å². The maximum Gasteiger partial charge on any atom is 0.416 e. The molecule has 0 radical (unpaired) electrons. The Bertz CT molecular complexity index is 400. The minimum absolute atomic E-state index is 0. The topological polar surface area (TPSA) is 26.0 Å². The van der Waals surface area contributed by atoms with Gasteiger partial charge in [-0.3, -0.25) is 0 Å². The van der Waals surface area contributed by atoms with E-state index >= 15 is 0 Å². The van der Waals surface area contributed by atoms with Crippen molar-refractivity contribution in [2.45, 2.75) is 24.6 Å². The Kier molecular flexibility index (Phi) is 3.48. The van der Waals surface area contributed by atoms with Crippen LogP contribution in [0.3, 0.4) is 0 Å². The molecule has 16 heavy (non-hydrogen) atoms. The summed E-state index contributed by atoms with van der Waals surface area (Å²) in [5, 5.41) is 0.308. The summed E-state index contributed by atoms with van der Waals surface area (Å²) in [4.78, 5) is 0. The van der Waals surface area contributed by atoms with E-state index in [4.69, 9.17) is 17.3 Å². The third kappa shape index (κ3) is 2.44. The van der Waals surface area contributed by atoms with E-state index in [-0.39, 0.29) is 12.4 Å². The van der Waals surface area contributed by atoms with E-state index < -0.39 is 17.3 Å². The van der Waals surface area contributed by atoms with Gasteiger partial charge in [0.15, 0.2) is 0 Å². The lowest BCUT2D eigenvalue weighted by Crippen LogP contribution is -2.20. The first kappa shape index (κ1) is 13.6. The highest BCUT2D eigenvalue weighted by Crippen LogP contribution is 2.46. The van der Waals surface area contributed by atoms with Crippen molar-refractivity contribution in [3.63, 3.8) is 0 Å². The summed E-state index contributed by atoms with van der Waals surface area (Å²) >= 11 is 5.82. The summed E-state index contributed by atoms with van der Waals surface area (Å²) in [5.41, 5.74) is 4.89. The maximum absolute atomic E-state index is 12.4. The molecule has 2 rings (SSSR count). The van der Waals surface area contributed by atoms with Gasteiger partial charge in [-0.15, -0.1) is 12.4 Å². The van der Waals surface area contributed by atoms with Gasteiger partial charge in [-0.2, -0.15) is 13.2 Å². The first-order chi connectivity index (χ1) is 6.83. The predicted octanol–water partition coefficient (Wildman–Crippen LogP) is 3.73. The number of halogens is 5. The first-order valence-electron chi connectivity index (χ1n) is 4.49. The van der Waals surface area contributed by atoms with Crippen LogP contribution in [0.1, 0.15) is 24.0 Å². The van der Waals surface area contributed by atoms with Crippen LogP contribution in [-0.4, -0.2) is 0 Å². The molecule has 0 saturated heterocycles. The fraction of sp³-hybridized carbons (Fsp3) is 0.400. The van der Waals surface area contributed by atoms with E-state index in [0.29, 0.717) is 23.4 Å². The Morgan fingerprint density at radius 2 is 1.81 bits per heavy atom. The second kappa shape index (κ2) is 4.09. The Labute approximate surface area is 102 Å². The lowest BCUT2D eigenvalue weighted by molar-refractivity contribution is -0.137. The van der Waals surface area contributed by atoms with Crippen molar-refractivity contribution < 1.29 is 13.2 Å². The zero-order valence-electron chi connectivity index (χ0n) is 8.14. The van der Waals surface area contributed by atoms with Crippen molar-refractivity contribution >= 4 is 24.0 Å². The number of alkyl halides is 3. The second-order valence-corrected chi connectivity index (χ2v) is 4.26. The van der Waals surface area contributed by atoms with Gasteiger partial charge in [-0.25, -0.2) is 0 Å². The van der Waals surface area contributed by atoms with Gasteiger partial charge in [-0.1, -0.05) is 11.6 Å². The van der Waals surface area contributed by atoms with Gasteiger partial charge in [0, 0.05) is 10.6 Å². The summed E-state index contributed by atoms with van der Waals surface area (Å²) in [5.74, 6) is 0. The maximum atomic E-state index is 12.4. The van der Waals surface area contributed by atoms with E-state index in [1.807, 2.05) is 0 Å². The van der Waals surface area contributed by atoms with Crippen LogP contribution in [0, 0.1) is 0 Å². The van der Waals surface area contributed by atoms with Gasteiger partial charge in [-0.05, 0) is 36.6 Å². The third-order valence-electron chi connectivity index (χ3n) is 2.62. The highest BCUT2D eigenvalue weighted by molar-refractivity contribution is 6.31. The van der Waals surface area contributed by atoms with Crippen LogP contribution >= 0.6 is 24.0 Å². The van der Waals surface area contributed by atoms with E-state index in [9.17, 15) is 13.2 Å².